The Morgan fingerprint density at radius 1 is 1.16 bits per heavy atom. The molecule has 1 saturated carbocycles. The minimum Gasteiger partial charge on any atom is -0.493 e. The van der Waals surface area contributed by atoms with Gasteiger partial charge in [-0.1, -0.05) is 6.07 Å². The van der Waals surface area contributed by atoms with Gasteiger partial charge < -0.3 is 25.0 Å². The third kappa shape index (κ3) is 5.30. The van der Waals surface area contributed by atoms with E-state index in [1.807, 2.05) is 25.2 Å². The molecule has 1 saturated heterocycles. The molecule has 1 aliphatic heterocycles. The highest BCUT2D eigenvalue weighted by Crippen LogP contribution is 2.50. The minimum absolute atomic E-state index is 0.0749. The predicted octanol–water partition coefficient (Wildman–Crippen LogP) is 4.11. The van der Waals surface area contributed by atoms with E-state index < -0.39 is 17.7 Å². The van der Waals surface area contributed by atoms with Gasteiger partial charge in [0.25, 0.3) is 0 Å². The zero-order valence-corrected chi connectivity index (χ0v) is 21.7. The van der Waals surface area contributed by atoms with Crippen molar-refractivity contribution in [3.05, 3.63) is 53.6 Å². The number of hydrogen-bond donors (Lipinski definition) is 3. The number of hydrogen-bond acceptors (Lipinski definition) is 5. The number of carbonyl (C=O) groups is 1. The molecule has 4 rings (SSSR count). The number of carbonyl (C=O) groups excluding carboxylic acids is 1. The predicted molar refractivity (Wildman–Crippen MR) is 139 cm³/mol. The van der Waals surface area contributed by atoms with E-state index in [9.17, 15) is 18.8 Å². The average Bonchev–Trinajstić information content (AvgIpc) is 3.30. The fraction of sp³-hybridized carbons (Fsp3) is 0.444. The van der Waals surface area contributed by atoms with Gasteiger partial charge in [0, 0.05) is 42.3 Å². The smallest absolute Gasteiger partial charge is 0.319 e. The third-order valence-corrected chi connectivity index (χ3v) is 7.48. The van der Waals surface area contributed by atoms with E-state index in [0.717, 1.165) is 30.5 Å². The van der Waals surface area contributed by atoms with Crippen LogP contribution in [-0.4, -0.2) is 56.3 Å². The molecule has 202 valence electrons. The number of anilines is 1. The van der Waals surface area contributed by atoms with E-state index in [-0.39, 0.29) is 23.2 Å². The number of fused-ring (bicyclic) bond motifs is 1. The van der Waals surface area contributed by atoms with E-state index in [1.165, 1.54) is 6.07 Å². The van der Waals surface area contributed by atoms with E-state index >= 15 is 0 Å². The number of aliphatic imine (C=N–C) groups is 1. The van der Waals surface area contributed by atoms with Crippen molar-refractivity contribution in [1.82, 2.24) is 15.5 Å². The number of halogens is 2. The number of ether oxygens (including phenoxy) is 2. The van der Waals surface area contributed by atoms with Crippen LogP contribution in [-0.2, 0) is 5.41 Å². The van der Waals surface area contributed by atoms with Gasteiger partial charge in [0.1, 0.15) is 0 Å². The number of rotatable bonds is 6. The van der Waals surface area contributed by atoms with Crippen LogP contribution in [0, 0.1) is 23.1 Å². The van der Waals surface area contributed by atoms with Crippen LogP contribution in [0.5, 0.6) is 11.5 Å². The Morgan fingerprint density at radius 2 is 1.95 bits per heavy atom. The number of nitrogens with one attached hydrogen (secondary N) is 3. The second-order valence-corrected chi connectivity index (χ2v) is 9.42. The van der Waals surface area contributed by atoms with Crippen LogP contribution in [0.4, 0.5) is 19.3 Å². The molecule has 2 aromatic carbocycles. The van der Waals surface area contributed by atoms with Crippen molar-refractivity contribution >= 4 is 17.7 Å². The molecular formula is C27H32F2N6O3. The Hall–Kier alpha value is -4.07. The molecule has 0 radical (unpaired) electrons. The molecule has 9 nitrogen and oxygen atoms in total. The van der Waals surface area contributed by atoms with Crippen LogP contribution in [0.3, 0.4) is 0 Å². The van der Waals surface area contributed by atoms with Crippen LogP contribution >= 0.6 is 0 Å². The first-order chi connectivity index (χ1) is 18.3. The third-order valence-electron chi connectivity index (χ3n) is 7.48. The SMILES string of the molecule is CCN=C(NC#N)N1CC[C@]2(c3ccc(OC)c(OC)c3)CC[C@@H](NC(=O)Nc3ccc(F)c(F)c3)C[C@H]12. The lowest BCUT2D eigenvalue weighted by Gasteiger charge is -2.45. The second kappa shape index (κ2) is 11.5. The van der Waals surface area contributed by atoms with Gasteiger partial charge in [0.05, 0.1) is 14.2 Å². The number of benzene rings is 2. The average molecular weight is 527 g/mol. The lowest BCUT2D eigenvalue weighted by atomic mass is 9.65. The highest BCUT2D eigenvalue weighted by Gasteiger charge is 2.53. The molecule has 11 heteroatoms. The topological polar surface area (TPSA) is 111 Å². The maximum Gasteiger partial charge on any atom is 0.319 e. The maximum atomic E-state index is 13.6. The number of nitrogens with zero attached hydrogens (tertiary/aromatic N) is 3. The van der Waals surface area contributed by atoms with E-state index in [0.29, 0.717) is 43.4 Å². The van der Waals surface area contributed by atoms with Crippen molar-refractivity contribution in [2.75, 3.05) is 32.6 Å². The highest BCUT2D eigenvalue weighted by atomic mass is 19.2. The summed E-state index contributed by atoms with van der Waals surface area (Å²) in [5.41, 5.74) is 0.995. The van der Waals surface area contributed by atoms with Crippen LogP contribution in [0.2, 0.25) is 0 Å². The fourth-order valence-electron chi connectivity index (χ4n) is 5.74. The lowest BCUT2D eigenvalue weighted by molar-refractivity contribution is 0.177. The summed E-state index contributed by atoms with van der Waals surface area (Å²) in [4.78, 5) is 19.4. The van der Waals surface area contributed by atoms with Crippen molar-refractivity contribution < 1.29 is 23.0 Å². The first-order valence-corrected chi connectivity index (χ1v) is 12.6. The largest absolute Gasteiger partial charge is 0.493 e. The summed E-state index contributed by atoms with van der Waals surface area (Å²) in [7, 11) is 3.20. The molecule has 3 N–H and O–H groups in total. The van der Waals surface area contributed by atoms with E-state index in [2.05, 4.69) is 31.9 Å². The monoisotopic (exact) mass is 526 g/mol. The van der Waals surface area contributed by atoms with Crippen molar-refractivity contribution in [3.63, 3.8) is 0 Å². The number of likely N-dealkylation sites (tertiary alicyclic amines) is 1. The Bertz CT molecular complexity index is 1250. The molecule has 1 heterocycles. The zero-order chi connectivity index (χ0) is 27.3. The molecule has 1 aliphatic carbocycles. The summed E-state index contributed by atoms with van der Waals surface area (Å²) in [6, 6.07) is 8.41. The number of nitriles is 1. The summed E-state index contributed by atoms with van der Waals surface area (Å²) >= 11 is 0. The molecule has 3 atom stereocenters. The van der Waals surface area contributed by atoms with Gasteiger partial charge in [-0.15, -0.1) is 0 Å². The van der Waals surface area contributed by atoms with Gasteiger partial charge in [-0.25, -0.2) is 13.6 Å². The summed E-state index contributed by atoms with van der Waals surface area (Å²) in [6.07, 6.45) is 4.89. The van der Waals surface area contributed by atoms with E-state index in [4.69, 9.17) is 9.47 Å². The van der Waals surface area contributed by atoms with Crippen LogP contribution in [0.15, 0.2) is 41.4 Å². The highest BCUT2D eigenvalue weighted by molar-refractivity contribution is 5.89. The molecule has 0 unspecified atom stereocenters. The normalized spacial score (nSPS) is 22.7. The van der Waals surface area contributed by atoms with Gasteiger partial charge in [-0.05, 0) is 62.4 Å². The Balaban J connectivity index is 1.60. The summed E-state index contributed by atoms with van der Waals surface area (Å²) in [6.45, 7) is 3.10. The minimum atomic E-state index is -1.03. The van der Waals surface area contributed by atoms with Crippen LogP contribution in [0.1, 0.15) is 38.2 Å². The molecule has 0 aromatic heterocycles. The number of methoxy groups -OCH3 is 2. The van der Waals surface area contributed by atoms with E-state index in [1.54, 1.807) is 14.2 Å². The lowest BCUT2D eigenvalue weighted by Crippen LogP contribution is -2.55. The number of guanidine groups is 1. The summed E-state index contributed by atoms with van der Waals surface area (Å²) < 4.78 is 37.8. The Kier molecular flexibility index (Phi) is 8.20. The molecule has 0 bridgehead atoms. The number of amides is 2. The number of urea groups is 1. The van der Waals surface area contributed by atoms with Crippen molar-refractivity contribution in [3.8, 4) is 17.7 Å². The zero-order valence-electron chi connectivity index (χ0n) is 21.7. The van der Waals surface area contributed by atoms with Gasteiger partial charge in [0.2, 0.25) is 5.96 Å². The van der Waals surface area contributed by atoms with Gasteiger partial charge in [0.15, 0.2) is 29.3 Å². The molecular weight excluding hydrogens is 494 g/mol. The molecule has 2 amide bonds. The van der Waals surface area contributed by atoms with Crippen LogP contribution < -0.4 is 25.4 Å². The summed E-state index contributed by atoms with van der Waals surface area (Å²) in [5.74, 6) is -0.224. The molecule has 2 aromatic rings. The standard InChI is InChI=1S/C27H32F2N6O3/c1-4-31-25(32-16-30)35-12-11-27(17-5-8-22(37-2)23(13-17)38-3)10-9-19(15-24(27)35)34-26(36)33-18-6-7-20(28)21(29)14-18/h5-8,13-14,19,24H,4,9-12,15H2,1-3H3,(H,31,32)(H2,33,34,36)/t19-,24+,27+/m1/s1. The maximum absolute atomic E-state index is 13.6. The van der Waals surface area contributed by atoms with Gasteiger partial charge in [-0.2, -0.15) is 5.26 Å². The Morgan fingerprint density at radius 3 is 2.63 bits per heavy atom. The van der Waals surface area contributed by atoms with Gasteiger partial charge in [-0.3, -0.25) is 10.3 Å². The summed E-state index contributed by atoms with van der Waals surface area (Å²) in [5, 5.41) is 17.7. The first-order valence-electron chi connectivity index (χ1n) is 12.6. The van der Waals surface area contributed by atoms with Crippen molar-refractivity contribution in [2.24, 2.45) is 4.99 Å². The van der Waals surface area contributed by atoms with Crippen molar-refractivity contribution in [2.45, 2.75) is 50.1 Å². The molecule has 2 fully saturated rings. The van der Waals surface area contributed by atoms with Crippen LogP contribution in [0.25, 0.3) is 0 Å². The fourth-order valence-corrected chi connectivity index (χ4v) is 5.74. The molecule has 2 aliphatic rings. The molecule has 0 spiro atoms. The second-order valence-electron chi connectivity index (χ2n) is 9.42. The Labute approximate surface area is 220 Å². The van der Waals surface area contributed by atoms with Crippen molar-refractivity contribution in [1.29, 1.82) is 5.26 Å². The molecule has 38 heavy (non-hydrogen) atoms. The van der Waals surface area contributed by atoms with Gasteiger partial charge >= 0.3 is 6.03 Å². The first kappa shape index (κ1) is 27.0. The quantitative estimate of drug-likeness (QED) is 0.226.